The van der Waals surface area contributed by atoms with E-state index in [0.29, 0.717) is 24.8 Å². The molecule has 1 aromatic carbocycles. The number of unbranched alkanes of at least 4 members (excludes halogenated alkanes) is 1. The Morgan fingerprint density at radius 1 is 0.889 bits per heavy atom. The molecule has 410 valence electrons. The molecule has 3 aliphatic rings. The van der Waals surface area contributed by atoms with E-state index < -0.39 is 113 Å². The third-order valence-corrected chi connectivity index (χ3v) is 15.2. The monoisotopic (exact) mass is 1020 g/mol. The van der Waals surface area contributed by atoms with Crippen molar-refractivity contribution in [2.24, 2.45) is 23.7 Å². The molecule has 1 unspecified atom stereocenters. The minimum Gasteiger partial charge on any atom is -0.459 e. The summed E-state index contributed by atoms with van der Waals surface area (Å²) in [6.45, 7) is 17.3. The number of nitrogens with zero attached hydrogens (tertiary/aromatic N) is 2. The average Bonchev–Trinajstić information content (AvgIpc) is 3.32. The number of alkyl carbamates (subject to hydrolysis) is 1. The van der Waals surface area contributed by atoms with E-state index in [1.807, 2.05) is 25.9 Å². The molecule has 4 rings (SSSR count). The molecule has 0 aliphatic carbocycles. The molecule has 5 N–H and O–H groups in total. The smallest absolute Gasteiger partial charge is 0.407 e. The summed E-state index contributed by atoms with van der Waals surface area (Å²) in [5.74, 6) is -5.26. The van der Waals surface area contributed by atoms with E-state index in [2.05, 4.69) is 10.6 Å². The Morgan fingerprint density at radius 2 is 1.50 bits per heavy atom. The molecule has 0 aromatic heterocycles. The van der Waals surface area contributed by atoms with Gasteiger partial charge in [-0.15, -0.1) is 0 Å². The molecule has 0 bridgehead atoms. The van der Waals surface area contributed by atoms with Crippen LogP contribution in [0.15, 0.2) is 24.3 Å². The highest BCUT2D eigenvalue weighted by molar-refractivity contribution is 5.83. The topological polar surface area (TPSA) is 273 Å². The maximum atomic E-state index is 14.5. The highest BCUT2D eigenvalue weighted by Gasteiger charge is 2.55. The molecule has 21 nitrogen and oxygen atoms in total. The van der Waals surface area contributed by atoms with E-state index in [-0.39, 0.29) is 68.3 Å². The number of carbonyl (C=O) groups is 4. The van der Waals surface area contributed by atoms with Crippen molar-refractivity contribution >= 4 is 29.4 Å². The summed E-state index contributed by atoms with van der Waals surface area (Å²) in [6, 6.07) is 5.71. The Morgan fingerprint density at radius 3 is 2.10 bits per heavy atom. The Hall–Kier alpha value is -3.90. The number of likely N-dealkylation sites (N-methyl/N-ethyl adjacent to an activating group) is 1. The molecule has 0 saturated carbocycles. The largest absolute Gasteiger partial charge is 0.459 e. The minimum atomic E-state index is -2.03. The molecule has 1 aromatic rings. The zero-order valence-corrected chi connectivity index (χ0v) is 44.8. The van der Waals surface area contributed by atoms with Gasteiger partial charge in [0.15, 0.2) is 18.7 Å². The highest BCUT2D eigenvalue weighted by atomic mass is 16.7. The van der Waals surface area contributed by atoms with Crippen molar-refractivity contribution < 1.29 is 77.3 Å². The molecule has 3 aliphatic heterocycles. The fraction of sp³-hybridized carbons (Fsp3) is 0.804. The number of nitro benzene ring substituents is 1. The van der Waals surface area contributed by atoms with Crippen LogP contribution in [-0.4, -0.2) is 175 Å². The first-order chi connectivity index (χ1) is 33.7. The second-order valence-electron chi connectivity index (χ2n) is 21.1. The molecule has 21 heteroatoms. The number of Topliss-reactive ketones (excluding diaryl/α,β-unsaturated/α-hetero) is 1. The van der Waals surface area contributed by atoms with E-state index in [4.69, 9.17) is 37.9 Å². The lowest BCUT2D eigenvalue weighted by Gasteiger charge is -2.50. The first kappa shape index (κ1) is 60.7. The lowest BCUT2D eigenvalue weighted by atomic mass is 9.74. The molecule has 18 atom stereocenters. The molecule has 3 saturated heterocycles. The number of aliphatic hydroxyl groups excluding tert-OH is 2. The zero-order valence-electron chi connectivity index (χ0n) is 44.8. The van der Waals surface area contributed by atoms with E-state index in [0.717, 1.165) is 0 Å². The number of hydrogen-bond acceptors (Lipinski definition) is 18. The average molecular weight is 1030 g/mol. The van der Waals surface area contributed by atoms with Crippen LogP contribution in [0, 0.1) is 33.8 Å². The Bertz CT molecular complexity index is 1980. The Balaban J connectivity index is 1.58. The first-order valence-corrected chi connectivity index (χ1v) is 25.3. The standard InChI is InChI=1S/C51H84N4O17/c1-15-37-51(10,62)43(59)30(4)40(57)28(2)26-49(8,65-13)44(71-47-41(58)36(54(11)12)24-29(3)67-47)31(5)42(32(6)46(60)69-37)70-39-27-50(9,66-14)45(33(7)68-39)72-48(61)53-23-19-18-22-52-38(56)25-34-20-16-17-21-35(34)55(63)64/h16-17,20-21,28-33,36-37,39,41-45,47,58-59,62H,15,18-19,22-27H2,1-14H3,(H,52,56)(H,53,61)/t28-,29-,30-,31-,32-,33+,36+,37+,39+,41-,42+,43+,44?,45+,47+,49-,50-,51-/m1/s1. The van der Waals surface area contributed by atoms with Gasteiger partial charge in [0.25, 0.3) is 5.69 Å². The van der Waals surface area contributed by atoms with Gasteiger partial charge < -0.3 is 68.7 Å². The maximum Gasteiger partial charge on any atom is 0.407 e. The summed E-state index contributed by atoms with van der Waals surface area (Å²) >= 11 is 0. The van der Waals surface area contributed by atoms with Crippen molar-refractivity contribution in [3.05, 3.63) is 39.9 Å². The van der Waals surface area contributed by atoms with Crippen molar-refractivity contribution in [2.75, 3.05) is 41.4 Å². The molecular formula is C51H84N4O17. The Labute approximate surface area is 424 Å². The van der Waals surface area contributed by atoms with E-state index in [1.54, 1.807) is 54.5 Å². The number of hydrogen-bond donors (Lipinski definition) is 5. The number of esters is 1. The zero-order chi connectivity index (χ0) is 54.0. The van der Waals surface area contributed by atoms with Crippen LogP contribution < -0.4 is 10.6 Å². The summed E-state index contributed by atoms with van der Waals surface area (Å²) in [5.41, 5.74) is -4.39. The summed E-state index contributed by atoms with van der Waals surface area (Å²) < 4.78 is 50.9. The van der Waals surface area contributed by atoms with Gasteiger partial charge in [0.05, 0.1) is 53.4 Å². The second-order valence-corrected chi connectivity index (χ2v) is 21.1. The van der Waals surface area contributed by atoms with Gasteiger partial charge >= 0.3 is 12.1 Å². The number of amides is 2. The summed E-state index contributed by atoms with van der Waals surface area (Å²) in [4.78, 5) is 67.1. The van der Waals surface area contributed by atoms with Gasteiger partial charge in [-0.25, -0.2) is 4.79 Å². The Kier molecular flexibility index (Phi) is 21.9. The van der Waals surface area contributed by atoms with Gasteiger partial charge in [0, 0.05) is 69.2 Å². The number of nitrogens with one attached hydrogen (secondary N) is 2. The van der Waals surface area contributed by atoms with E-state index in [9.17, 15) is 44.6 Å². The summed E-state index contributed by atoms with van der Waals surface area (Å²) in [6.07, 6.45) is -9.72. The van der Waals surface area contributed by atoms with Gasteiger partial charge in [-0.2, -0.15) is 0 Å². The van der Waals surface area contributed by atoms with E-state index in [1.165, 1.54) is 46.3 Å². The fourth-order valence-electron chi connectivity index (χ4n) is 10.7. The van der Waals surface area contributed by atoms with Crippen LogP contribution >= 0.6 is 0 Å². The van der Waals surface area contributed by atoms with Gasteiger partial charge in [-0.3, -0.25) is 24.5 Å². The quantitative estimate of drug-likeness (QED) is 0.0632. The third-order valence-electron chi connectivity index (χ3n) is 15.2. The normalized spacial score (nSPS) is 38.3. The number of nitro groups is 1. The number of carbonyl (C=O) groups excluding carboxylic acids is 4. The fourth-order valence-corrected chi connectivity index (χ4v) is 10.7. The van der Waals surface area contributed by atoms with Crippen LogP contribution in [0.1, 0.15) is 113 Å². The van der Waals surface area contributed by atoms with Gasteiger partial charge in [-0.05, 0) is 87.7 Å². The molecule has 2 amide bonds. The highest BCUT2D eigenvalue weighted by Crippen LogP contribution is 2.42. The number of ether oxygens (including phenoxy) is 8. The lowest BCUT2D eigenvalue weighted by Crippen LogP contribution is -2.62. The first-order valence-electron chi connectivity index (χ1n) is 25.3. The minimum absolute atomic E-state index is 0.00404. The molecular weight excluding hydrogens is 941 g/mol. The number of ketones is 1. The second kappa shape index (κ2) is 26.0. The van der Waals surface area contributed by atoms with Gasteiger partial charge in [0.1, 0.15) is 29.2 Å². The predicted octanol–water partition coefficient (Wildman–Crippen LogP) is 4.22. The summed E-state index contributed by atoms with van der Waals surface area (Å²) in [5, 5.41) is 52.0. The third kappa shape index (κ3) is 14.7. The molecule has 0 spiro atoms. The lowest BCUT2D eigenvalue weighted by molar-refractivity contribution is -0.385. The van der Waals surface area contributed by atoms with Gasteiger partial charge in [-0.1, -0.05) is 45.9 Å². The molecule has 0 radical (unpaired) electrons. The van der Waals surface area contributed by atoms with Crippen molar-refractivity contribution in [3.63, 3.8) is 0 Å². The molecule has 3 heterocycles. The number of methoxy groups -OCH3 is 2. The number of rotatable bonds is 17. The SMILES string of the molecule is CC[C@@H]1OC(=O)[C@H](C)[C@@H](O[C@H]2C[C@@](C)(OC)[C@@H](OC(=O)NCCCCNC(=O)Cc3ccccc3[N+](=O)[O-])[C@H](C)O2)[C@@H](C)C(O[C@@H]2O[C@H](C)C[C@H](N(C)C)[C@H]2O)[C@](C)(OC)C[C@@H](C)C(=O)[C@@H](C)[C@H](O)[C@]1(C)O. The van der Waals surface area contributed by atoms with Crippen molar-refractivity contribution in [1.82, 2.24) is 15.5 Å². The number of aliphatic hydroxyl groups is 3. The van der Waals surface area contributed by atoms with Crippen LogP contribution in [0.5, 0.6) is 0 Å². The molecule has 3 fully saturated rings. The number of benzene rings is 1. The number of cyclic esters (lactones) is 1. The molecule has 72 heavy (non-hydrogen) atoms. The number of para-hydroxylation sites is 1. The van der Waals surface area contributed by atoms with Crippen molar-refractivity contribution in [3.8, 4) is 0 Å². The van der Waals surface area contributed by atoms with Crippen LogP contribution in [-0.2, 0) is 58.7 Å². The van der Waals surface area contributed by atoms with Crippen LogP contribution in [0.3, 0.4) is 0 Å². The predicted molar refractivity (Wildman–Crippen MR) is 262 cm³/mol. The van der Waals surface area contributed by atoms with Crippen molar-refractivity contribution in [2.45, 2.75) is 198 Å². The van der Waals surface area contributed by atoms with Crippen LogP contribution in [0.2, 0.25) is 0 Å². The van der Waals surface area contributed by atoms with Gasteiger partial charge in [0.2, 0.25) is 5.91 Å². The van der Waals surface area contributed by atoms with Crippen LogP contribution in [0.4, 0.5) is 10.5 Å². The maximum absolute atomic E-state index is 14.5. The van der Waals surface area contributed by atoms with Crippen LogP contribution in [0.25, 0.3) is 0 Å². The summed E-state index contributed by atoms with van der Waals surface area (Å²) in [7, 11) is 6.66. The van der Waals surface area contributed by atoms with E-state index >= 15 is 0 Å². The van der Waals surface area contributed by atoms with Crippen molar-refractivity contribution in [1.29, 1.82) is 0 Å².